The van der Waals surface area contributed by atoms with Crippen molar-refractivity contribution in [2.45, 2.75) is 6.04 Å². The third kappa shape index (κ3) is 2.91. The molecule has 2 N–H and O–H groups in total. The minimum absolute atomic E-state index is 0.189. The van der Waals surface area contributed by atoms with Gasteiger partial charge < -0.3 is 14.8 Å². The van der Waals surface area contributed by atoms with Crippen molar-refractivity contribution in [2.75, 3.05) is 6.61 Å². The van der Waals surface area contributed by atoms with Crippen molar-refractivity contribution in [3.05, 3.63) is 59.0 Å². The Bertz CT molecular complexity index is 508. The van der Waals surface area contributed by atoms with Crippen LogP contribution >= 0.6 is 11.6 Å². The number of carbonyl (C=O) groups excluding carboxylic acids is 1. The summed E-state index contributed by atoms with van der Waals surface area (Å²) in [6, 6.07) is 8.04. The molecular weight excluding hydrogens is 254 g/mol. The van der Waals surface area contributed by atoms with Gasteiger partial charge in [-0.05, 0) is 23.8 Å². The van der Waals surface area contributed by atoms with Crippen LogP contribution in [0.15, 0.2) is 47.3 Å². The van der Waals surface area contributed by atoms with Gasteiger partial charge in [0.25, 0.3) is 5.91 Å². The Balaban J connectivity index is 2.10. The monoisotopic (exact) mass is 265 g/mol. The number of hydrogen-bond acceptors (Lipinski definition) is 3. The molecule has 0 aliphatic rings. The Morgan fingerprint density at radius 2 is 2.06 bits per heavy atom. The fourth-order valence-electron chi connectivity index (χ4n) is 1.56. The predicted octanol–water partition coefficient (Wildman–Crippen LogP) is 2.40. The average Bonchev–Trinajstić information content (AvgIpc) is 2.91. The highest BCUT2D eigenvalue weighted by Crippen LogP contribution is 2.16. The average molecular weight is 266 g/mol. The van der Waals surface area contributed by atoms with E-state index in [0.717, 1.165) is 5.56 Å². The first-order chi connectivity index (χ1) is 8.70. The normalized spacial score (nSPS) is 12.1. The van der Waals surface area contributed by atoms with Gasteiger partial charge in [0.1, 0.15) is 6.26 Å². The van der Waals surface area contributed by atoms with Crippen LogP contribution in [0.1, 0.15) is 22.0 Å². The summed E-state index contributed by atoms with van der Waals surface area (Å²) in [6.45, 7) is -0.189. The van der Waals surface area contributed by atoms with Gasteiger partial charge in [0.05, 0.1) is 24.5 Å². The Kier molecular flexibility index (Phi) is 4.02. The summed E-state index contributed by atoms with van der Waals surface area (Å²) in [4.78, 5) is 11.8. The van der Waals surface area contributed by atoms with Crippen molar-refractivity contribution >= 4 is 17.5 Å². The molecule has 18 heavy (non-hydrogen) atoms. The number of hydrogen-bond donors (Lipinski definition) is 2. The molecular formula is C13H12ClNO3. The molecule has 0 fully saturated rings. The Hall–Kier alpha value is -1.78. The third-order valence-electron chi connectivity index (χ3n) is 2.54. The molecule has 2 rings (SSSR count). The molecule has 0 spiro atoms. The number of nitrogens with one attached hydrogen (secondary N) is 1. The lowest BCUT2D eigenvalue weighted by atomic mass is 10.1. The minimum Gasteiger partial charge on any atom is -0.472 e. The topological polar surface area (TPSA) is 62.5 Å². The van der Waals surface area contributed by atoms with Gasteiger partial charge in [0.2, 0.25) is 0 Å². The van der Waals surface area contributed by atoms with E-state index in [1.807, 2.05) is 0 Å². The number of amides is 1. The summed E-state index contributed by atoms with van der Waals surface area (Å²) in [6.07, 6.45) is 2.77. The van der Waals surface area contributed by atoms with Crippen molar-refractivity contribution in [3.8, 4) is 0 Å². The highest BCUT2D eigenvalue weighted by molar-refractivity contribution is 6.30. The second-order valence-electron chi connectivity index (χ2n) is 3.77. The Morgan fingerprint density at radius 3 is 2.61 bits per heavy atom. The fraction of sp³-hybridized carbons (Fsp3) is 0.154. The number of furan rings is 1. The number of halogens is 1. The van der Waals surface area contributed by atoms with Crippen LogP contribution in [0.2, 0.25) is 5.02 Å². The van der Waals surface area contributed by atoms with Crippen LogP contribution in [0.3, 0.4) is 0 Å². The van der Waals surface area contributed by atoms with Gasteiger partial charge in [-0.15, -0.1) is 0 Å². The smallest absolute Gasteiger partial charge is 0.255 e. The molecule has 4 nitrogen and oxygen atoms in total. The van der Waals surface area contributed by atoms with E-state index in [1.165, 1.54) is 12.5 Å². The van der Waals surface area contributed by atoms with Crippen molar-refractivity contribution in [2.24, 2.45) is 0 Å². The summed E-state index contributed by atoms with van der Waals surface area (Å²) in [7, 11) is 0. The SMILES string of the molecule is O=C(NC(CO)c1ccc(Cl)cc1)c1ccoc1. The van der Waals surface area contributed by atoms with Crippen molar-refractivity contribution in [1.82, 2.24) is 5.32 Å². The van der Waals surface area contributed by atoms with Crippen LogP contribution in [0.5, 0.6) is 0 Å². The van der Waals surface area contributed by atoms with Gasteiger partial charge in [-0.3, -0.25) is 4.79 Å². The lowest BCUT2D eigenvalue weighted by molar-refractivity contribution is 0.0915. The van der Waals surface area contributed by atoms with E-state index in [2.05, 4.69) is 5.32 Å². The maximum atomic E-state index is 11.8. The van der Waals surface area contributed by atoms with Crippen molar-refractivity contribution < 1.29 is 14.3 Å². The summed E-state index contributed by atoms with van der Waals surface area (Å²) in [5, 5.41) is 12.6. The van der Waals surface area contributed by atoms with Crippen molar-refractivity contribution in [3.63, 3.8) is 0 Å². The lowest BCUT2D eigenvalue weighted by Gasteiger charge is -2.16. The standard InChI is InChI=1S/C13H12ClNO3/c14-11-3-1-9(2-4-11)12(7-16)15-13(17)10-5-6-18-8-10/h1-6,8,12,16H,7H2,(H,15,17). The molecule has 2 aromatic rings. The van der Waals surface area contributed by atoms with E-state index >= 15 is 0 Å². The molecule has 1 heterocycles. The van der Waals surface area contributed by atoms with Gasteiger partial charge in [-0.1, -0.05) is 23.7 Å². The zero-order valence-corrected chi connectivity index (χ0v) is 10.2. The molecule has 5 heteroatoms. The molecule has 0 radical (unpaired) electrons. The van der Waals surface area contributed by atoms with Gasteiger partial charge in [-0.2, -0.15) is 0 Å². The quantitative estimate of drug-likeness (QED) is 0.892. The molecule has 0 saturated heterocycles. The number of benzene rings is 1. The highest BCUT2D eigenvalue weighted by Gasteiger charge is 2.15. The van der Waals surface area contributed by atoms with E-state index in [0.29, 0.717) is 10.6 Å². The summed E-state index contributed by atoms with van der Waals surface area (Å²) >= 11 is 5.78. The molecule has 0 saturated carbocycles. The summed E-state index contributed by atoms with van der Waals surface area (Å²) < 4.78 is 4.83. The Labute approximate surface area is 109 Å². The molecule has 94 valence electrons. The second-order valence-corrected chi connectivity index (χ2v) is 4.21. The van der Waals surface area contributed by atoms with Crippen LogP contribution in [0.4, 0.5) is 0 Å². The molecule has 1 aromatic heterocycles. The first-order valence-electron chi connectivity index (χ1n) is 5.40. The van der Waals surface area contributed by atoms with Crippen LogP contribution < -0.4 is 5.32 Å². The number of aliphatic hydroxyl groups excluding tert-OH is 1. The highest BCUT2D eigenvalue weighted by atomic mass is 35.5. The Morgan fingerprint density at radius 1 is 1.33 bits per heavy atom. The molecule has 1 atom stereocenters. The fourth-order valence-corrected chi connectivity index (χ4v) is 1.69. The van der Waals surface area contributed by atoms with Crippen LogP contribution in [0, 0.1) is 0 Å². The maximum Gasteiger partial charge on any atom is 0.255 e. The first-order valence-corrected chi connectivity index (χ1v) is 5.78. The molecule has 0 aliphatic carbocycles. The lowest BCUT2D eigenvalue weighted by Crippen LogP contribution is -2.30. The number of rotatable bonds is 4. The number of aliphatic hydroxyl groups is 1. The van der Waals surface area contributed by atoms with Gasteiger partial charge in [-0.25, -0.2) is 0 Å². The van der Waals surface area contributed by atoms with Crippen molar-refractivity contribution in [1.29, 1.82) is 0 Å². The van der Waals surface area contributed by atoms with Crippen LogP contribution in [-0.4, -0.2) is 17.6 Å². The number of carbonyl (C=O) groups is 1. The van der Waals surface area contributed by atoms with Crippen LogP contribution in [-0.2, 0) is 0 Å². The maximum absolute atomic E-state index is 11.8. The van der Waals surface area contributed by atoms with E-state index < -0.39 is 6.04 Å². The molecule has 0 aliphatic heterocycles. The van der Waals surface area contributed by atoms with E-state index in [-0.39, 0.29) is 12.5 Å². The zero-order chi connectivity index (χ0) is 13.0. The second kappa shape index (κ2) is 5.71. The van der Waals surface area contributed by atoms with Gasteiger partial charge in [0, 0.05) is 5.02 Å². The molecule has 1 aromatic carbocycles. The zero-order valence-electron chi connectivity index (χ0n) is 9.47. The van der Waals surface area contributed by atoms with Gasteiger partial charge >= 0.3 is 0 Å². The molecule has 1 amide bonds. The summed E-state index contributed by atoms with van der Waals surface area (Å²) in [5.74, 6) is -0.294. The largest absolute Gasteiger partial charge is 0.472 e. The van der Waals surface area contributed by atoms with E-state index in [1.54, 1.807) is 30.3 Å². The van der Waals surface area contributed by atoms with E-state index in [9.17, 15) is 9.90 Å². The molecule has 1 unspecified atom stereocenters. The minimum atomic E-state index is -0.468. The van der Waals surface area contributed by atoms with Crippen LogP contribution in [0.25, 0.3) is 0 Å². The summed E-state index contributed by atoms with van der Waals surface area (Å²) in [5.41, 5.74) is 1.21. The predicted molar refractivity (Wildman–Crippen MR) is 67.5 cm³/mol. The molecule has 0 bridgehead atoms. The third-order valence-corrected chi connectivity index (χ3v) is 2.80. The van der Waals surface area contributed by atoms with E-state index in [4.69, 9.17) is 16.0 Å². The van der Waals surface area contributed by atoms with Gasteiger partial charge in [0.15, 0.2) is 0 Å². The first kappa shape index (κ1) is 12.7.